The summed E-state index contributed by atoms with van der Waals surface area (Å²) in [6.07, 6.45) is 0. The summed E-state index contributed by atoms with van der Waals surface area (Å²) in [6, 6.07) is 10.2. The highest BCUT2D eigenvalue weighted by molar-refractivity contribution is 9.10. The molecule has 0 aromatic heterocycles. The number of amides is 1. The van der Waals surface area contributed by atoms with Gasteiger partial charge in [-0.1, -0.05) is 44.0 Å². The highest BCUT2D eigenvalue weighted by Gasteiger charge is 2.03. The largest absolute Gasteiger partial charge is 0.478 e. The van der Waals surface area contributed by atoms with E-state index in [4.69, 9.17) is 15.0 Å². The van der Waals surface area contributed by atoms with E-state index in [0.717, 1.165) is 20.1 Å². The second-order valence-corrected chi connectivity index (χ2v) is 9.01. The number of carboxylic acid groups (broad SMARTS) is 1. The molecule has 1 amide bonds. The van der Waals surface area contributed by atoms with Crippen LogP contribution in [0.4, 0.5) is 0 Å². The third-order valence-corrected chi connectivity index (χ3v) is 4.58. The van der Waals surface area contributed by atoms with Gasteiger partial charge in [-0.3, -0.25) is 4.79 Å². The molecule has 8 N–H and O–H groups in total. The molecule has 158 valence electrons. The Hall–Kier alpha value is -1.01. The van der Waals surface area contributed by atoms with Crippen LogP contribution in [0.25, 0.3) is 0 Å². The Morgan fingerprint density at radius 1 is 0.964 bits per heavy atom. The first-order valence-electron chi connectivity index (χ1n) is 6.75. The van der Waals surface area contributed by atoms with Gasteiger partial charge in [-0.2, -0.15) is 0 Å². The minimum atomic E-state index is -1.67. The number of carboxylic acids is 1. The molecule has 0 atom stereocenters. The van der Waals surface area contributed by atoms with E-state index in [-0.39, 0.29) is 11.6 Å². The number of carbonyl (C=O) groups excluding carboxylic acids is 1. The summed E-state index contributed by atoms with van der Waals surface area (Å²) in [5, 5.41) is 8.58. The molecule has 0 fully saturated rings. The molecule has 28 heavy (non-hydrogen) atoms. The van der Waals surface area contributed by atoms with Crippen LogP contribution in [0.15, 0.2) is 45.3 Å². The minimum Gasteiger partial charge on any atom is -0.478 e. The number of aromatic carboxylic acids is 1. The van der Waals surface area contributed by atoms with Gasteiger partial charge in [0, 0.05) is 35.9 Å². The van der Waals surface area contributed by atoms with Crippen LogP contribution in [0.2, 0.25) is 0 Å². The number of carbonyl (C=O) groups is 2. The third-order valence-electron chi connectivity index (χ3n) is 2.88. The van der Waals surface area contributed by atoms with Gasteiger partial charge in [0.1, 0.15) is 0 Å². The first kappa shape index (κ1) is 31.7. The quantitative estimate of drug-likeness (QED) is 0.436. The van der Waals surface area contributed by atoms with Crippen molar-refractivity contribution in [2.45, 2.75) is 13.8 Å². The average Bonchev–Trinajstić information content (AvgIpc) is 2.52. The van der Waals surface area contributed by atoms with Gasteiger partial charge >= 0.3 is 5.97 Å². The fourth-order valence-electron chi connectivity index (χ4n) is 1.47. The maximum Gasteiger partial charge on any atom is 0.335 e. The topological polar surface area (TPSA) is 164 Å². The van der Waals surface area contributed by atoms with Crippen LogP contribution in [0.3, 0.4) is 0 Å². The van der Waals surface area contributed by atoms with E-state index < -0.39 is 21.1 Å². The molecule has 0 unspecified atom stereocenters. The van der Waals surface area contributed by atoms with Crippen molar-refractivity contribution in [3.63, 3.8) is 0 Å². The molecule has 0 radical (unpaired) electrons. The fraction of sp³-hybridized carbons (Fsp3) is 0.125. The lowest BCUT2D eigenvalue weighted by molar-refractivity contribution is 0.0696. The smallest absolute Gasteiger partial charge is 0.335 e. The molecule has 0 aliphatic carbocycles. The zero-order valence-corrected chi connectivity index (χ0v) is 20.3. The maximum atomic E-state index is 10.7. The number of halogens is 4. The van der Waals surface area contributed by atoms with Gasteiger partial charge in [0.15, 0.2) is 0 Å². The van der Waals surface area contributed by atoms with Crippen molar-refractivity contribution in [3.8, 4) is 0 Å². The van der Waals surface area contributed by atoms with Crippen LogP contribution < -0.4 is 11.9 Å². The van der Waals surface area contributed by atoms with Crippen LogP contribution in [0.1, 0.15) is 31.8 Å². The molecular weight excluding hydrogens is 563 g/mol. The molecule has 0 bridgehead atoms. The van der Waals surface area contributed by atoms with E-state index in [1.165, 1.54) is 0 Å². The molecule has 0 spiro atoms. The van der Waals surface area contributed by atoms with Gasteiger partial charge in [-0.25, -0.2) is 9.00 Å². The number of hydrogen-bond acceptors (Lipinski definition) is 4. The van der Waals surface area contributed by atoms with Crippen molar-refractivity contribution in [2.24, 2.45) is 5.73 Å². The summed E-state index contributed by atoms with van der Waals surface area (Å²) >= 11 is 6.56. The predicted octanol–water partition coefficient (Wildman–Crippen LogP) is 4.69. The van der Waals surface area contributed by atoms with Crippen molar-refractivity contribution < 1.29 is 24.4 Å². The standard InChI is InChI=1S/C8H8BrNO.C8H7BrO2.Cl2OS.H3N.H2O/c2*1-5-2-3-6(8(10)11)4-7(5)9;1-4(2)3;;/h2-4H,1H3,(H2,10,11);2-4H,1H3,(H,10,11);;1H3;1H2. The summed E-state index contributed by atoms with van der Waals surface area (Å²) < 4.78 is 10.8. The number of primary amides is 1. The highest BCUT2D eigenvalue weighted by Crippen LogP contribution is 2.17. The molecule has 2 aromatic rings. The predicted molar refractivity (Wildman–Crippen MR) is 122 cm³/mol. The number of hydrogen-bond donors (Lipinski definition) is 3. The van der Waals surface area contributed by atoms with Crippen LogP contribution in [-0.2, 0) is 9.23 Å². The maximum absolute atomic E-state index is 10.7. The lowest BCUT2D eigenvalue weighted by Crippen LogP contribution is -2.10. The molecule has 0 heterocycles. The summed E-state index contributed by atoms with van der Waals surface area (Å²) in [5.41, 5.74) is 8.04. The first-order chi connectivity index (χ1) is 12.0. The van der Waals surface area contributed by atoms with Gasteiger partial charge in [0.25, 0.3) is 0 Å². The molecular formula is C16H20Br2Cl2N2O5S. The molecule has 0 aliphatic rings. The van der Waals surface area contributed by atoms with Gasteiger partial charge in [0.2, 0.25) is 15.1 Å². The van der Waals surface area contributed by atoms with Crippen molar-refractivity contribution in [2.75, 3.05) is 0 Å². The normalized spacial score (nSPS) is 8.82. The van der Waals surface area contributed by atoms with Gasteiger partial charge < -0.3 is 22.5 Å². The van der Waals surface area contributed by atoms with E-state index in [2.05, 4.69) is 53.2 Å². The van der Waals surface area contributed by atoms with Crippen molar-refractivity contribution in [1.82, 2.24) is 6.15 Å². The zero-order chi connectivity index (χ0) is 20.4. The first-order valence-corrected chi connectivity index (χ1v) is 11.1. The number of benzene rings is 2. The van der Waals surface area contributed by atoms with Gasteiger partial charge in [0.05, 0.1) is 5.56 Å². The second kappa shape index (κ2) is 15.9. The summed E-state index contributed by atoms with van der Waals surface area (Å²) in [5.74, 6) is -1.30. The van der Waals surface area contributed by atoms with Crippen molar-refractivity contribution in [3.05, 3.63) is 67.6 Å². The van der Waals surface area contributed by atoms with Crippen molar-refractivity contribution in [1.29, 1.82) is 0 Å². The van der Waals surface area contributed by atoms with E-state index in [1.807, 2.05) is 19.9 Å². The Bertz CT molecular complexity index is 760. The third kappa shape index (κ3) is 13.2. The second-order valence-electron chi connectivity index (χ2n) is 4.78. The Morgan fingerprint density at radius 2 is 1.29 bits per heavy atom. The van der Waals surface area contributed by atoms with Crippen LogP contribution in [0, 0.1) is 13.8 Å². The fourth-order valence-corrected chi connectivity index (χ4v) is 2.23. The lowest BCUT2D eigenvalue weighted by atomic mass is 10.1. The molecule has 12 heteroatoms. The Morgan fingerprint density at radius 3 is 1.57 bits per heavy atom. The van der Waals surface area contributed by atoms with Crippen LogP contribution in [-0.4, -0.2) is 26.7 Å². The highest BCUT2D eigenvalue weighted by atomic mass is 79.9. The number of aryl methyl sites for hydroxylation is 2. The summed E-state index contributed by atoms with van der Waals surface area (Å²) in [4.78, 5) is 21.1. The van der Waals surface area contributed by atoms with Crippen LogP contribution in [0.5, 0.6) is 0 Å². The van der Waals surface area contributed by atoms with E-state index in [0.29, 0.717) is 11.1 Å². The molecule has 7 nitrogen and oxygen atoms in total. The summed E-state index contributed by atoms with van der Waals surface area (Å²) in [6.45, 7) is 3.87. The Kier molecular flexibility index (Phi) is 17.9. The average molecular weight is 583 g/mol. The summed E-state index contributed by atoms with van der Waals surface area (Å²) in [7, 11) is 7.36. The van der Waals surface area contributed by atoms with E-state index in [9.17, 15) is 9.59 Å². The van der Waals surface area contributed by atoms with E-state index in [1.54, 1.807) is 30.3 Å². The molecule has 0 saturated heterocycles. The van der Waals surface area contributed by atoms with Crippen LogP contribution >= 0.6 is 53.2 Å². The molecule has 0 saturated carbocycles. The van der Waals surface area contributed by atoms with Gasteiger partial charge in [-0.05, 0) is 49.2 Å². The SMILES string of the molecule is Cc1ccc(C(=O)O)cc1Br.Cc1ccc(C(N)=O)cc1Br.N.O.O=S(Cl)Cl. The molecule has 2 aromatic carbocycles. The monoisotopic (exact) mass is 580 g/mol. The van der Waals surface area contributed by atoms with Gasteiger partial charge in [-0.15, -0.1) is 0 Å². The lowest BCUT2D eigenvalue weighted by Gasteiger charge is -1.98. The molecule has 0 aliphatic heterocycles. The minimum absolute atomic E-state index is 0. The zero-order valence-electron chi connectivity index (χ0n) is 14.8. The Balaban J connectivity index is -0.000000355. The number of nitrogens with two attached hydrogens (primary N) is 1. The van der Waals surface area contributed by atoms with Crippen molar-refractivity contribution >= 4 is 74.3 Å². The number of rotatable bonds is 2. The van der Waals surface area contributed by atoms with E-state index >= 15 is 0 Å². The Labute approximate surface area is 191 Å². The molecule has 2 rings (SSSR count).